The van der Waals surface area contributed by atoms with Crippen molar-refractivity contribution in [3.05, 3.63) is 206 Å². The molecule has 0 bridgehead atoms. The van der Waals surface area contributed by atoms with Gasteiger partial charge in [0.2, 0.25) is 0 Å². The van der Waals surface area contributed by atoms with Gasteiger partial charge in [-0.2, -0.15) is 0 Å². The van der Waals surface area contributed by atoms with E-state index in [0.717, 1.165) is 0 Å². The van der Waals surface area contributed by atoms with Crippen molar-refractivity contribution in [1.82, 2.24) is 9.13 Å². The van der Waals surface area contributed by atoms with E-state index in [2.05, 4.69) is 215 Å². The minimum absolute atomic E-state index is 1.21. The average molecular weight is 759 g/mol. The second kappa shape index (κ2) is 11.8. The number of rotatable bonds is 3. The number of benzene rings is 11. The standard InChI is InChI=1S/C58H34N2/c1-3-14-39-35(12-1)24-27-47-49(39)34-38-13-2-4-15-40(38)58(47)60-53-23-10-8-19-44(53)51-33-37(26-30-56(51)60)36-25-29-55-50(32-36)43-18-7-9-22-52(43)59(55)54-31-28-46-42-17-6-5-16-41(42)45-20-11-21-48(54)57(45)46/h1-34H. The van der Waals surface area contributed by atoms with E-state index < -0.39 is 0 Å². The summed E-state index contributed by atoms with van der Waals surface area (Å²) >= 11 is 0. The zero-order valence-electron chi connectivity index (χ0n) is 32.5. The van der Waals surface area contributed by atoms with Gasteiger partial charge >= 0.3 is 0 Å². The minimum atomic E-state index is 1.21. The normalized spacial score (nSPS) is 12.3. The van der Waals surface area contributed by atoms with Gasteiger partial charge in [0.25, 0.3) is 0 Å². The highest BCUT2D eigenvalue weighted by Gasteiger charge is 2.24. The first-order valence-electron chi connectivity index (χ1n) is 20.8. The van der Waals surface area contributed by atoms with Gasteiger partial charge in [-0.3, -0.25) is 0 Å². The Labute approximate surface area is 345 Å². The Morgan fingerprint density at radius 3 is 1.52 bits per heavy atom. The summed E-state index contributed by atoms with van der Waals surface area (Å²) < 4.78 is 5.00. The van der Waals surface area contributed by atoms with Crippen LogP contribution in [0.5, 0.6) is 0 Å². The third-order valence-electron chi connectivity index (χ3n) is 13.4. The molecule has 276 valence electrons. The third kappa shape index (κ3) is 4.22. The molecule has 0 saturated carbocycles. The number of aromatic nitrogens is 2. The van der Waals surface area contributed by atoms with Crippen LogP contribution in [0, 0.1) is 0 Å². The van der Waals surface area contributed by atoms with Crippen molar-refractivity contribution in [1.29, 1.82) is 0 Å². The summed E-state index contributed by atoms with van der Waals surface area (Å²) in [5, 5.41) is 15.2. The summed E-state index contributed by atoms with van der Waals surface area (Å²) in [4.78, 5) is 0. The highest BCUT2D eigenvalue weighted by molar-refractivity contribution is 6.21. The van der Waals surface area contributed by atoms with Crippen molar-refractivity contribution in [3.63, 3.8) is 0 Å². The SMILES string of the molecule is c1ccc2c(c1)-c1cccc3c(-n4c5ccccc5c5cc(-c6ccc7c(c6)c6ccccc6n7-c6c7ccccc7cc7c6ccc6ccccc67)ccc54)ccc-2c13. The molecule has 14 rings (SSSR count). The molecule has 0 aliphatic heterocycles. The molecule has 13 aromatic rings. The maximum absolute atomic E-state index is 2.52. The van der Waals surface area contributed by atoms with E-state index in [0.29, 0.717) is 0 Å². The van der Waals surface area contributed by atoms with Crippen molar-refractivity contribution in [3.8, 4) is 44.8 Å². The van der Waals surface area contributed by atoms with Crippen molar-refractivity contribution in [2.75, 3.05) is 0 Å². The molecule has 11 aromatic carbocycles. The Bertz CT molecular complexity index is 3980. The molecule has 60 heavy (non-hydrogen) atoms. The lowest BCUT2D eigenvalue weighted by Crippen LogP contribution is -1.97. The van der Waals surface area contributed by atoms with Crippen LogP contribution in [0.25, 0.3) is 131 Å². The number of hydrogen-bond donors (Lipinski definition) is 0. The van der Waals surface area contributed by atoms with Crippen LogP contribution in [0.1, 0.15) is 0 Å². The maximum atomic E-state index is 2.52. The fourth-order valence-electron chi connectivity index (χ4n) is 10.8. The summed E-state index contributed by atoms with van der Waals surface area (Å²) in [7, 11) is 0. The van der Waals surface area contributed by atoms with Gasteiger partial charge in [0.05, 0.1) is 33.4 Å². The van der Waals surface area contributed by atoms with E-state index in [4.69, 9.17) is 0 Å². The molecule has 0 radical (unpaired) electrons. The van der Waals surface area contributed by atoms with Crippen LogP contribution in [0.4, 0.5) is 0 Å². The van der Waals surface area contributed by atoms with Crippen molar-refractivity contribution < 1.29 is 0 Å². The Hall–Kier alpha value is -7.94. The number of hydrogen-bond acceptors (Lipinski definition) is 0. The number of fused-ring (bicyclic) bond motifs is 13. The van der Waals surface area contributed by atoms with Gasteiger partial charge in [-0.1, -0.05) is 158 Å². The quantitative estimate of drug-likeness (QED) is 0.125. The Morgan fingerprint density at radius 1 is 0.250 bits per heavy atom. The molecule has 0 atom stereocenters. The summed E-state index contributed by atoms with van der Waals surface area (Å²) in [6.07, 6.45) is 0. The lowest BCUT2D eigenvalue weighted by atomic mass is 9.96. The first kappa shape index (κ1) is 32.1. The highest BCUT2D eigenvalue weighted by atomic mass is 15.0. The minimum Gasteiger partial charge on any atom is -0.309 e. The van der Waals surface area contributed by atoms with Crippen molar-refractivity contribution in [2.45, 2.75) is 0 Å². The van der Waals surface area contributed by atoms with Crippen molar-refractivity contribution in [2.24, 2.45) is 0 Å². The maximum Gasteiger partial charge on any atom is 0.0619 e. The lowest BCUT2D eigenvalue weighted by Gasteiger charge is -2.17. The Balaban J connectivity index is 0.984. The highest BCUT2D eigenvalue weighted by Crippen LogP contribution is 2.49. The first-order valence-corrected chi connectivity index (χ1v) is 20.8. The van der Waals surface area contributed by atoms with Crippen LogP contribution in [0.3, 0.4) is 0 Å². The molecule has 0 fully saturated rings. The molecule has 1 aliphatic carbocycles. The van der Waals surface area contributed by atoms with Gasteiger partial charge in [0.15, 0.2) is 0 Å². The van der Waals surface area contributed by atoms with Gasteiger partial charge < -0.3 is 9.13 Å². The van der Waals surface area contributed by atoms with Gasteiger partial charge in [-0.25, -0.2) is 0 Å². The second-order valence-corrected chi connectivity index (χ2v) is 16.4. The van der Waals surface area contributed by atoms with Crippen molar-refractivity contribution >= 4 is 86.7 Å². The molecule has 0 N–H and O–H groups in total. The van der Waals surface area contributed by atoms with E-state index in [1.54, 1.807) is 0 Å². The smallest absolute Gasteiger partial charge is 0.0619 e. The summed E-state index contributed by atoms with van der Waals surface area (Å²) in [6, 6.07) is 76.8. The molecular formula is C58H34N2. The summed E-state index contributed by atoms with van der Waals surface area (Å²) in [6.45, 7) is 0. The van der Waals surface area contributed by atoms with Gasteiger partial charge in [-0.15, -0.1) is 0 Å². The van der Waals surface area contributed by atoms with E-state index in [-0.39, 0.29) is 0 Å². The second-order valence-electron chi connectivity index (χ2n) is 16.4. The largest absolute Gasteiger partial charge is 0.309 e. The molecule has 2 heterocycles. The molecule has 0 spiro atoms. The van der Waals surface area contributed by atoms with Crippen LogP contribution in [0.2, 0.25) is 0 Å². The third-order valence-corrected chi connectivity index (χ3v) is 13.4. The number of nitrogens with zero attached hydrogens (tertiary/aromatic N) is 2. The monoisotopic (exact) mass is 758 g/mol. The van der Waals surface area contributed by atoms with E-state index in [1.807, 2.05) is 0 Å². The molecule has 0 saturated heterocycles. The zero-order valence-corrected chi connectivity index (χ0v) is 32.5. The zero-order chi connectivity index (χ0) is 39.1. The fourth-order valence-corrected chi connectivity index (χ4v) is 10.8. The van der Waals surface area contributed by atoms with E-state index in [9.17, 15) is 0 Å². The van der Waals surface area contributed by atoms with Gasteiger partial charge in [-0.05, 0) is 109 Å². The Morgan fingerprint density at radius 2 is 0.783 bits per heavy atom. The first-order chi connectivity index (χ1) is 29.8. The van der Waals surface area contributed by atoms with Crippen LogP contribution in [0.15, 0.2) is 206 Å². The summed E-state index contributed by atoms with van der Waals surface area (Å²) in [5.74, 6) is 0. The summed E-state index contributed by atoms with van der Waals surface area (Å²) in [5.41, 5.74) is 15.0. The van der Waals surface area contributed by atoms with Gasteiger partial charge in [0, 0.05) is 37.7 Å². The van der Waals surface area contributed by atoms with Crippen LogP contribution in [-0.2, 0) is 0 Å². The van der Waals surface area contributed by atoms with E-state index in [1.165, 1.54) is 131 Å². The molecular weight excluding hydrogens is 725 g/mol. The topological polar surface area (TPSA) is 9.86 Å². The predicted octanol–water partition coefficient (Wildman–Crippen LogP) is 15.8. The molecule has 2 aromatic heterocycles. The molecule has 0 unspecified atom stereocenters. The van der Waals surface area contributed by atoms with Gasteiger partial charge in [0.1, 0.15) is 0 Å². The number of para-hydroxylation sites is 2. The predicted molar refractivity (Wildman–Crippen MR) is 255 cm³/mol. The molecule has 2 heteroatoms. The Kier molecular flexibility index (Phi) is 6.32. The van der Waals surface area contributed by atoms with Crippen LogP contribution >= 0.6 is 0 Å². The van der Waals surface area contributed by atoms with Crippen LogP contribution < -0.4 is 0 Å². The van der Waals surface area contributed by atoms with Crippen LogP contribution in [-0.4, -0.2) is 9.13 Å². The molecule has 0 amide bonds. The van der Waals surface area contributed by atoms with E-state index >= 15 is 0 Å². The fraction of sp³-hybridized carbons (Fsp3) is 0. The lowest BCUT2D eigenvalue weighted by molar-refractivity contribution is 1.20. The average Bonchev–Trinajstić information content (AvgIpc) is 3.94. The molecule has 1 aliphatic rings. The molecule has 2 nitrogen and oxygen atoms in total.